The van der Waals surface area contributed by atoms with Crippen LogP contribution in [0.4, 0.5) is 10.1 Å². The third kappa shape index (κ3) is 4.34. The Morgan fingerprint density at radius 2 is 1.95 bits per heavy atom. The molecule has 1 aromatic carbocycles. The largest absolute Gasteiger partial charge is 0.494 e. The summed E-state index contributed by atoms with van der Waals surface area (Å²) < 4.78 is 23.8. The molecule has 0 saturated carbocycles. The number of ether oxygens (including phenoxy) is 2. The predicted molar refractivity (Wildman–Crippen MR) is 83.0 cm³/mol. The summed E-state index contributed by atoms with van der Waals surface area (Å²) in [5.41, 5.74) is 0.330. The summed E-state index contributed by atoms with van der Waals surface area (Å²) in [6.45, 7) is 2.04. The van der Waals surface area contributed by atoms with Gasteiger partial charge in [-0.15, -0.1) is 0 Å². The molecule has 1 aliphatic rings. The molecule has 1 aliphatic heterocycles. The standard InChI is InChI=1S/C16H23FN2O3/c1-21-14-10-15(22-2)13(9-12(14)17)19-16(20)4-3-11-5-7-18-8-6-11/h9-11,18H,3-8H2,1-2H3,(H,19,20). The van der Waals surface area contributed by atoms with Gasteiger partial charge < -0.3 is 20.1 Å². The van der Waals surface area contributed by atoms with Gasteiger partial charge in [0.25, 0.3) is 0 Å². The molecular weight excluding hydrogens is 287 g/mol. The average molecular weight is 310 g/mol. The number of hydrogen-bond donors (Lipinski definition) is 2. The predicted octanol–water partition coefficient (Wildman–Crippen LogP) is 2.56. The van der Waals surface area contributed by atoms with Crippen molar-refractivity contribution in [3.05, 3.63) is 17.9 Å². The van der Waals surface area contributed by atoms with Gasteiger partial charge in [0.1, 0.15) is 5.75 Å². The molecule has 1 fully saturated rings. The molecule has 1 aromatic rings. The molecule has 0 aromatic heterocycles. The van der Waals surface area contributed by atoms with Crippen molar-refractivity contribution in [2.75, 3.05) is 32.6 Å². The lowest BCUT2D eigenvalue weighted by Gasteiger charge is -2.22. The maximum absolute atomic E-state index is 13.8. The third-order valence-corrected chi connectivity index (χ3v) is 3.99. The Bertz CT molecular complexity index is 516. The van der Waals surface area contributed by atoms with E-state index in [4.69, 9.17) is 9.47 Å². The monoisotopic (exact) mass is 310 g/mol. The normalized spacial score (nSPS) is 15.4. The Morgan fingerprint density at radius 3 is 2.59 bits per heavy atom. The zero-order chi connectivity index (χ0) is 15.9. The molecule has 2 N–H and O–H groups in total. The van der Waals surface area contributed by atoms with Gasteiger partial charge in [0.2, 0.25) is 5.91 Å². The van der Waals surface area contributed by atoms with Crippen molar-refractivity contribution in [1.82, 2.24) is 5.32 Å². The van der Waals surface area contributed by atoms with Gasteiger partial charge in [0, 0.05) is 18.6 Å². The van der Waals surface area contributed by atoms with Crippen LogP contribution in [0.2, 0.25) is 0 Å². The van der Waals surface area contributed by atoms with Crippen LogP contribution in [0.5, 0.6) is 11.5 Å². The summed E-state index contributed by atoms with van der Waals surface area (Å²) in [5, 5.41) is 6.02. The molecule has 5 nitrogen and oxygen atoms in total. The molecule has 0 unspecified atom stereocenters. The Hall–Kier alpha value is -1.82. The lowest BCUT2D eigenvalue weighted by atomic mass is 9.93. The lowest BCUT2D eigenvalue weighted by molar-refractivity contribution is -0.116. The summed E-state index contributed by atoms with van der Waals surface area (Å²) in [7, 11) is 2.85. The van der Waals surface area contributed by atoms with Gasteiger partial charge in [-0.05, 0) is 38.3 Å². The van der Waals surface area contributed by atoms with Crippen LogP contribution in [-0.4, -0.2) is 33.2 Å². The van der Waals surface area contributed by atoms with Gasteiger partial charge in [0.15, 0.2) is 11.6 Å². The minimum atomic E-state index is -0.531. The van der Waals surface area contributed by atoms with E-state index < -0.39 is 5.82 Å². The van der Waals surface area contributed by atoms with Crippen LogP contribution in [0.3, 0.4) is 0 Å². The second-order valence-corrected chi connectivity index (χ2v) is 5.47. The summed E-state index contributed by atoms with van der Waals surface area (Å²) >= 11 is 0. The molecule has 1 saturated heterocycles. The zero-order valence-corrected chi connectivity index (χ0v) is 13.1. The minimum Gasteiger partial charge on any atom is -0.494 e. The zero-order valence-electron chi connectivity index (χ0n) is 13.1. The van der Waals surface area contributed by atoms with Gasteiger partial charge in [0.05, 0.1) is 19.9 Å². The van der Waals surface area contributed by atoms with Crippen LogP contribution in [0.25, 0.3) is 0 Å². The molecule has 22 heavy (non-hydrogen) atoms. The van der Waals surface area contributed by atoms with E-state index in [2.05, 4.69) is 10.6 Å². The highest BCUT2D eigenvalue weighted by molar-refractivity contribution is 5.92. The Morgan fingerprint density at radius 1 is 1.27 bits per heavy atom. The summed E-state index contributed by atoms with van der Waals surface area (Å²) in [6, 6.07) is 2.65. The maximum atomic E-state index is 13.8. The van der Waals surface area contributed by atoms with Gasteiger partial charge >= 0.3 is 0 Å². The Labute approximate surface area is 130 Å². The van der Waals surface area contributed by atoms with E-state index in [1.54, 1.807) is 0 Å². The average Bonchev–Trinajstić information content (AvgIpc) is 2.54. The molecule has 0 radical (unpaired) electrons. The summed E-state index contributed by atoms with van der Waals surface area (Å²) in [5.74, 6) is 0.401. The van der Waals surface area contributed by atoms with Crippen molar-refractivity contribution < 1.29 is 18.7 Å². The Balaban J connectivity index is 1.94. The Kier molecular flexibility index (Phi) is 6.00. The highest BCUT2D eigenvalue weighted by Crippen LogP contribution is 2.32. The SMILES string of the molecule is COc1cc(OC)c(NC(=O)CCC2CCNCC2)cc1F. The fraction of sp³-hybridized carbons (Fsp3) is 0.562. The van der Waals surface area contributed by atoms with Gasteiger partial charge in [-0.3, -0.25) is 4.79 Å². The highest BCUT2D eigenvalue weighted by Gasteiger charge is 2.16. The van der Waals surface area contributed by atoms with Crippen LogP contribution < -0.4 is 20.1 Å². The van der Waals surface area contributed by atoms with Crippen molar-refractivity contribution in [2.24, 2.45) is 5.92 Å². The van der Waals surface area contributed by atoms with E-state index in [9.17, 15) is 9.18 Å². The lowest BCUT2D eigenvalue weighted by Crippen LogP contribution is -2.28. The first-order valence-electron chi connectivity index (χ1n) is 7.56. The number of anilines is 1. The number of rotatable bonds is 6. The first-order valence-corrected chi connectivity index (χ1v) is 7.56. The number of carbonyl (C=O) groups is 1. The highest BCUT2D eigenvalue weighted by atomic mass is 19.1. The van der Waals surface area contributed by atoms with E-state index in [1.807, 2.05) is 0 Å². The number of piperidine rings is 1. The third-order valence-electron chi connectivity index (χ3n) is 3.99. The smallest absolute Gasteiger partial charge is 0.224 e. The molecule has 122 valence electrons. The van der Waals surface area contributed by atoms with Crippen molar-refractivity contribution in [1.29, 1.82) is 0 Å². The van der Waals surface area contributed by atoms with Gasteiger partial charge in [-0.2, -0.15) is 0 Å². The number of carbonyl (C=O) groups excluding carboxylic acids is 1. The molecule has 6 heteroatoms. The van der Waals surface area contributed by atoms with E-state index in [1.165, 1.54) is 26.4 Å². The molecule has 2 rings (SSSR count). The molecule has 1 heterocycles. The number of halogens is 1. The van der Waals surface area contributed by atoms with E-state index in [0.29, 0.717) is 23.8 Å². The number of hydrogen-bond acceptors (Lipinski definition) is 4. The fourth-order valence-corrected chi connectivity index (χ4v) is 2.68. The summed E-state index contributed by atoms with van der Waals surface area (Å²) in [6.07, 6.45) is 3.50. The second kappa shape index (κ2) is 7.98. The van der Waals surface area contributed by atoms with Crippen LogP contribution in [0, 0.1) is 11.7 Å². The quantitative estimate of drug-likeness (QED) is 0.848. The van der Waals surface area contributed by atoms with E-state index in [0.717, 1.165) is 32.4 Å². The molecule has 0 spiro atoms. The first kappa shape index (κ1) is 16.5. The first-order chi connectivity index (χ1) is 10.6. The van der Waals surface area contributed by atoms with Crippen molar-refractivity contribution >= 4 is 11.6 Å². The van der Waals surface area contributed by atoms with Crippen LogP contribution in [0.1, 0.15) is 25.7 Å². The molecule has 0 atom stereocenters. The number of nitrogens with one attached hydrogen (secondary N) is 2. The fourth-order valence-electron chi connectivity index (χ4n) is 2.68. The van der Waals surface area contributed by atoms with Crippen LogP contribution in [-0.2, 0) is 4.79 Å². The van der Waals surface area contributed by atoms with Crippen molar-refractivity contribution in [3.8, 4) is 11.5 Å². The second-order valence-electron chi connectivity index (χ2n) is 5.47. The molecule has 0 bridgehead atoms. The number of benzene rings is 1. The topological polar surface area (TPSA) is 59.6 Å². The molecule has 1 amide bonds. The molecule has 0 aliphatic carbocycles. The van der Waals surface area contributed by atoms with E-state index >= 15 is 0 Å². The van der Waals surface area contributed by atoms with Gasteiger partial charge in [-0.1, -0.05) is 0 Å². The number of methoxy groups -OCH3 is 2. The van der Waals surface area contributed by atoms with Crippen molar-refractivity contribution in [3.63, 3.8) is 0 Å². The maximum Gasteiger partial charge on any atom is 0.224 e. The van der Waals surface area contributed by atoms with E-state index in [-0.39, 0.29) is 11.7 Å². The number of amides is 1. The minimum absolute atomic E-state index is 0.0876. The summed E-state index contributed by atoms with van der Waals surface area (Å²) in [4.78, 5) is 12.1. The molecular formula is C16H23FN2O3. The van der Waals surface area contributed by atoms with Crippen LogP contribution >= 0.6 is 0 Å². The van der Waals surface area contributed by atoms with Gasteiger partial charge in [-0.25, -0.2) is 4.39 Å². The van der Waals surface area contributed by atoms with Crippen LogP contribution in [0.15, 0.2) is 12.1 Å². The van der Waals surface area contributed by atoms with Crippen molar-refractivity contribution in [2.45, 2.75) is 25.7 Å².